The van der Waals surface area contributed by atoms with Crippen LogP contribution >= 0.6 is 0 Å². The Morgan fingerprint density at radius 1 is 1.30 bits per heavy atom. The smallest absolute Gasteiger partial charge is 0.141 e. The molecule has 10 heavy (non-hydrogen) atoms. The van der Waals surface area contributed by atoms with E-state index in [0.29, 0.717) is 17.0 Å². The zero-order valence-electron chi connectivity index (χ0n) is 7.09. The summed E-state index contributed by atoms with van der Waals surface area (Å²) in [5.74, 6) is 0. The Bertz CT molecular complexity index is 95.4. The fourth-order valence-corrected chi connectivity index (χ4v) is 2.19. The van der Waals surface area contributed by atoms with Crippen LogP contribution in [0.25, 0.3) is 0 Å². The van der Waals surface area contributed by atoms with E-state index >= 15 is 0 Å². The predicted molar refractivity (Wildman–Crippen MR) is 47.6 cm³/mol. The van der Waals surface area contributed by atoms with Gasteiger partial charge in [-0.3, -0.25) is 0 Å². The van der Waals surface area contributed by atoms with Crippen LogP contribution < -0.4 is 0 Å². The first-order valence-corrected chi connectivity index (χ1v) is 5.98. The lowest BCUT2D eigenvalue weighted by Gasteiger charge is -2.24. The van der Waals surface area contributed by atoms with Gasteiger partial charge in [0.05, 0.1) is 25.2 Å². The largest absolute Gasteiger partial charge is 0.373 e. The number of rotatable bonds is 1. The van der Waals surface area contributed by atoms with Gasteiger partial charge in [0.2, 0.25) is 0 Å². The molecule has 60 valence electrons. The standard InChI is InChI=1S/C8H17OS/c1-7-4-5-8(6-9-7)10(2)3/h7-8H,4-6H2,1-3H3/q+1/t7-,8+/m0/s1. The van der Waals surface area contributed by atoms with Crippen LogP contribution in [0.2, 0.25) is 0 Å². The lowest BCUT2D eigenvalue weighted by molar-refractivity contribution is 0.0319. The Kier molecular flexibility index (Phi) is 3.05. The fraction of sp³-hybridized carbons (Fsp3) is 1.00. The minimum absolute atomic E-state index is 0.514. The summed E-state index contributed by atoms with van der Waals surface area (Å²) in [4.78, 5) is 0. The molecule has 0 aromatic rings. The van der Waals surface area contributed by atoms with E-state index in [1.54, 1.807) is 0 Å². The average Bonchev–Trinajstić information content (AvgIpc) is 1.88. The number of hydrogen-bond acceptors (Lipinski definition) is 1. The molecular weight excluding hydrogens is 144 g/mol. The highest BCUT2D eigenvalue weighted by molar-refractivity contribution is 7.96. The van der Waals surface area contributed by atoms with Crippen molar-refractivity contribution in [1.29, 1.82) is 0 Å². The monoisotopic (exact) mass is 161 g/mol. The SMILES string of the molecule is C[C@H]1CC[C@@H]([S+](C)C)CO1. The van der Waals surface area contributed by atoms with Gasteiger partial charge in [0.25, 0.3) is 0 Å². The second-order valence-corrected chi connectivity index (χ2v) is 5.65. The highest BCUT2D eigenvalue weighted by Crippen LogP contribution is 2.18. The summed E-state index contributed by atoms with van der Waals surface area (Å²) in [6.07, 6.45) is 7.76. The lowest BCUT2D eigenvalue weighted by Crippen LogP contribution is -2.32. The first-order valence-electron chi connectivity index (χ1n) is 3.88. The van der Waals surface area contributed by atoms with Crippen LogP contribution in [0.4, 0.5) is 0 Å². The fourth-order valence-electron chi connectivity index (χ4n) is 1.23. The molecule has 1 aliphatic heterocycles. The molecule has 0 aliphatic carbocycles. The van der Waals surface area contributed by atoms with Crippen molar-refractivity contribution in [3.8, 4) is 0 Å². The third-order valence-corrected chi connectivity index (χ3v) is 3.83. The first kappa shape index (κ1) is 8.41. The zero-order chi connectivity index (χ0) is 7.56. The summed E-state index contributed by atoms with van der Waals surface area (Å²) in [6.45, 7) is 3.16. The molecule has 0 spiro atoms. The molecule has 0 aromatic carbocycles. The van der Waals surface area contributed by atoms with Crippen molar-refractivity contribution in [2.24, 2.45) is 0 Å². The summed E-state index contributed by atoms with van der Waals surface area (Å²) in [5, 5.41) is 0.844. The van der Waals surface area contributed by atoms with Gasteiger partial charge in [-0.15, -0.1) is 0 Å². The molecule has 0 N–H and O–H groups in total. The van der Waals surface area contributed by atoms with E-state index in [1.807, 2.05) is 0 Å². The van der Waals surface area contributed by atoms with Crippen LogP contribution in [0.5, 0.6) is 0 Å². The summed E-state index contributed by atoms with van der Waals surface area (Å²) in [5.41, 5.74) is 0. The quantitative estimate of drug-likeness (QED) is 0.529. The van der Waals surface area contributed by atoms with E-state index in [4.69, 9.17) is 4.74 Å². The molecule has 1 saturated heterocycles. The van der Waals surface area contributed by atoms with Gasteiger partial charge in [-0.25, -0.2) is 0 Å². The third kappa shape index (κ3) is 2.17. The average molecular weight is 161 g/mol. The molecule has 0 bridgehead atoms. The van der Waals surface area contributed by atoms with Crippen LogP contribution in [0.3, 0.4) is 0 Å². The second kappa shape index (κ2) is 3.63. The van der Waals surface area contributed by atoms with E-state index in [0.717, 1.165) is 11.9 Å². The molecule has 0 saturated carbocycles. The van der Waals surface area contributed by atoms with E-state index < -0.39 is 0 Å². The highest BCUT2D eigenvalue weighted by atomic mass is 32.2. The second-order valence-electron chi connectivity index (χ2n) is 3.22. The predicted octanol–water partition coefficient (Wildman–Crippen LogP) is 1.43. The van der Waals surface area contributed by atoms with Crippen molar-refractivity contribution in [2.75, 3.05) is 19.1 Å². The Hall–Kier alpha value is 0.310. The maximum atomic E-state index is 5.56. The molecule has 0 radical (unpaired) electrons. The lowest BCUT2D eigenvalue weighted by atomic mass is 10.1. The van der Waals surface area contributed by atoms with E-state index in [9.17, 15) is 0 Å². The zero-order valence-corrected chi connectivity index (χ0v) is 7.91. The van der Waals surface area contributed by atoms with Crippen molar-refractivity contribution < 1.29 is 4.74 Å². The van der Waals surface area contributed by atoms with Crippen molar-refractivity contribution in [1.82, 2.24) is 0 Å². The molecule has 1 rings (SSSR count). The summed E-state index contributed by atoms with van der Waals surface area (Å²) in [7, 11) is 0.558. The summed E-state index contributed by atoms with van der Waals surface area (Å²) >= 11 is 0. The van der Waals surface area contributed by atoms with Crippen LogP contribution in [0.1, 0.15) is 19.8 Å². The Morgan fingerprint density at radius 2 is 2.00 bits per heavy atom. The van der Waals surface area contributed by atoms with Gasteiger partial charge in [0.1, 0.15) is 5.25 Å². The number of ether oxygens (including phenoxy) is 1. The molecule has 1 fully saturated rings. The van der Waals surface area contributed by atoms with Crippen molar-refractivity contribution in [3.05, 3.63) is 0 Å². The van der Waals surface area contributed by atoms with E-state index in [1.165, 1.54) is 12.8 Å². The van der Waals surface area contributed by atoms with E-state index in [2.05, 4.69) is 19.4 Å². The van der Waals surface area contributed by atoms with Crippen LogP contribution in [-0.2, 0) is 15.6 Å². The van der Waals surface area contributed by atoms with Crippen LogP contribution in [0, 0.1) is 0 Å². The summed E-state index contributed by atoms with van der Waals surface area (Å²) < 4.78 is 5.56. The van der Waals surface area contributed by atoms with Crippen molar-refractivity contribution in [3.63, 3.8) is 0 Å². The molecular formula is C8H17OS+. The van der Waals surface area contributed by atoms with Gasteiger partial charge in [-0.1, -0.05) is 0 Å². The van der Waals surface area contributed by atoms with Crippen molar-refractivity contribution >= 4 is 10.9 Å². The number of hydrogen-bond donors (Lipinski definition) is 0. The van der Waals surface area contributed by atoms with Crippen LogP contribution in [-0.4, -0.2) is 30.5 Å². The molecule has 1 aliphatic rings. The summed E-state index contributed by atoms with van der Waals surface area (Å²) in [6, 6.07) is 0. The maximum Gasteiger partial charge on any atom is 0.141 e. The van der Waals surface area contributed by atoms with Gasteiger partial charge in [-0.05, 0) is 30.7 Å². The first-order chi connectivity index (χ1) is 4.70. The molecule has 2 heteroatoms. The highest BCUT2D eigenvalue weighted by Gasteiger charge is 2.27. The normalized spacial score (nSPS) is 34.8. The van der Waals surface area contributed by atoms with Gasteiger partial charge in [-0.2, -0.15) is 0 Å². The Labute approximate surface area is 66.5 Å². The molecule has 0 unspecified atom stereocenters. The van der Waals surface area contributed by atoms with Gasteiger partial charge < -0.3 is 4.74 Å². The topological polar surface area (TPSA) is 9.23 Å². The molecule has 2 atom stereocenters. The Morgan fingerprint density at radius 3 is 2.40 bits per heavy atom. The van der Waals surface area contributed by atoms with Crippen LogP contribution in [0.15, 0.2) is 0 Å². The van der Waals surface area contributed by atoms with Gasteiger partial charge in [0, 0.05) is 0 Å². The van der Waals surface area contributed by atoms with E-state index in [-0.39, 0.29) is 0 Å². The molecule has 0 aromatic heterocycles. The van der Waals surface area contributed by atoms with Gasteiger partial charge in [0.15, 0.2) is 0 Å². The van der Waals surface area contributed by atoms with Gasteiger partial charge >= 0.3 is 0 Å². The van der Waals surface area contributed by atoms with Crippen molar-refractivity contribution in [2.45, 2.75) is 31.1 Å². The Balaban J connectivity index is 2.26. The molecule has 1 heterocycles. The maximum absolute atomic E-state index is 5.56. The molecule has 1 nitrogen and oxygen atoms in total. The third-order valence-electron chi connectivity index (χ3n) is 2.13. The molecule has 0 amide bonds. The minimum atomic E-state index is 0.514. The minimum Gasteiger partial charge on any atom is -0.373 e.